The maximum atomic E-state index is 14.4. The zero-order valence-corrected chi connectivity index (χ0v) is 16.9. The van der Waals surface area contributed by atoms with Crippen molar-refractivity contribution in [3.8, 4) is 17.0 Å². The molecule has 0 aliphatic heterocycles. The Hall–Kier alpha value is -2.62. The summed E-state index contributed by atoms with van der Waals surface area (Å²) in [6, 6.07) is 2.14. The van der Waals surface area contributed by atoms with E-state index in [2.05, 4.69) is 5.10 Å². The summed E-state index contributed by atoms with van der Waals surface area (Å²) < 4.78 is 63.7. The third-order valence-electron chi connectivity index (χ3n) is 4.02. The highest BCUT2D eigenvalue weighted by Gasteiger charge is 2.34. The van der Waals surface area contributed by atoms with Gasteiger partial charge in [-0.2, -0.15) is 18.3 Å². The summed E-state index contributed by atoms with van der Waals surface area (Å²) in [7, 11) is 0.978. The van der Waals surface area contributed by atoms with E-state index in [1.54, 1.807) is 0 Å². The van der Waals surface area contributed by atoms with E-state index < -0.39 is 46.9 Å². The molecule has 0 aliphatic rings. The Labute approximate surface area is 174 Å². The Kier molecular flexibility index (Phi) is 7.83. The molecular formula is C19H19ClF4N2O4. The fourth-order valence-electron chi connectivity index (χ4n) is 2.53. The topological polar surface area (TPSA) is 70.4 Å². The highest BCUT2D eigenvalue weighted by Crippen LogP contribution is 2.33. The quantitative estimate of drug-likeness (QED) is 0.339. The van der Waals surface area contributed by atoms with E-state index in [-0.39, 0.29) is 17.4 Å². The van der Waals surface area contributed by atoms with Gasteiger partial charge in [-0.05, 0) is 18.6 Å². The summed E-state index contributed by atoms with van der Waals surface area (Å²) in [5, 5.41) is 3.35. The zero-order chi connectivity index (χ0) is 22.5. The third kappa shape index (κ3) is 5.94. The third-order valence-corrected chi connectivity index (χ3v) is 4.32. The number of hydrogen-bond acceptors (Lipinski definition) is 5. The molecule has 0 unspecified atom stereocenters. The van der Waals surface area contributed by atoms with E-state index in [4.69, 9.17) is 21.1 Å². The van der Waals surface area contributed by atoms with Gasteiger partial charge in [0, 0.05) is 18.7 Å². The van der Waals surface area contributed by atoms with Gasteiger partial charge in [0.1, 0.15) is 23.0 Å². The molecule has 0 saturated carbocycles. The van der Waals surface area contributed by atoms with Gasteiger partial charge in [0.15, 0.2) is 6.61 Å². The van der Waals surface area contributed by atoms with Crippen molar-refractivity contribution in [3.63, 3.8) is 0 Å². The highest BCUT2D eigenvalue weighted by atomic mass is 35.5. The molecule has 0 radical (unpaired) electrons. The SMILES string of the molecule is CCCCCOC(=O)COc1cc(-c2nn(C)c(C(F)(F)F)cc2=O)c(F)cc1Cl. The number of carbonyl (C=O) groups excluding carboxylic acids is 1. The fraction of sp³-hybridized carbons (Fsp3) is 0.421. The maximum Gasteiger partial charge on any atom is 0.433 e. The van der Waals surface area contributed by atoms with Gasteiger partial charge in [-0.3, -0.25) is 9.48 Å². The molecule has 0 N–H and O–H groups in total. The van der Waals surface area contributed by atoms with Crippen LogP contribution in [0.5, 0.6) is 5.75 Å². The van der Waals surface area contributed by atoms with Crippen LogP contribution in [0.4, 0.5) is 17.6 Å². The summed E-state index contributed by atoms with van der Waals surface area (Å²) >= 11 is 5.90. The molecule has 0 atom stereocenters. The average molecular weight is 451 g/mol. The van der Waals surface area contributed by atoms with Crippen LogP contribution in [0.25, 0.3) is 11.3 Å². The van der Waals surface area contributed by atoms with Crippen LogP contribution >= 0.6 is 11.6 Å². The molecule has 164 valence electrons. The van der Waals surface area contributed by atoms with Crippen molar-refractivity contribution in [2.75, 3.05) is 13.2 Å². The van der Waals surface area contributed by atoms with Crippen LogP contribution in [0.1, 0.15) is 31.9 Å². The lowest BCUT2D eigenvalue weighted by Crippen LogP contribution is -2.23. The predicted molar refractivity (Wildman–Crippen MR) is 101 cm³/mol. The second-order valence-electron chi connectivity index (χ2n) is 6.34. The minimum atomic E-state index is -4.80. The number of aromatic nitrogens is 2. The van der Waals surface area contributed by atoms with Gasteiger partial charge in [-0.15, -0.1) is 0 Å². The highest BCUT2D eigenvalue weighted by molar-refractivity contribution is 6.32. The molecule has 0 spiro atoms. The number of esters is 1. The van der Waals surface area contributed by atoms with Crippen LogP contribution in [-0.2, 0) is 22.8 Å². The molecular weight excluding hydrogens is 432 g/mol. The normalized spacial score (nSPS) is 11.4. The molecule has 0 bridgehead atoms. The standard InChI is InChI=1S/C19H19ClF4N2O4/c1-3-4-5-6-29-17(28)10-30-15-7-11(13(21)8-12(15)20)18-14(27)9-16(19(22,23)24)26(2)25-18/h7-9H,3-6,10H2,1-2H3. The smallest absolute Gasteiger partial charge is 0.433 e. The molecule has 11 heteroatoms. The van der Waals surface area contributed by atoms with Crippen molar-refractivity contribution in [1.82, 2.24) is 9.78 Å². The summed E-state index contributed by atoms with van der Waals surface area (Å²) in [4.78, 5) is 23.8. The van der Waals surface area contributed by atoms with Gasteiger partial charge >= 0.3 is 12.1 Å². The fourth-order valence-corrected chi connectivity index (χ4v) is 2.73. The van der Waals surface area contributed by atoms with Crippen LogP contribution in [-0.4, -0.2) is 29.0 Å². The van der Waals surface area contributed by atoms with Crippen LogP contribution < -0.4 is 10.2 Å². The Balaban J connectivity index is 2.26. The molecule has 2 aromatic rings. The lowest BCUT2D eigenvalue weighted by Gasteiger charge is -2.14. The first-order valence-corrected chi connectivity index (χ1v) is 9.35. The first kappa shape index (κ1) is 23.7. The number of carbonyl (C=O) groups is 1. The number of ether oxygens (including phenoxy) is 2. The van der Waals surface area contributed by atoms with Gasteiger partial charge in [0.05, 0.1) is 11.6 Å². The molecule has 30 heavy (non-hydrogen) atoms. The van der Waals surface area contributed by atoms with Crippen LogP contribution in [0.15, 0.2) is 23.0 Å². The Morgan fingerprint density at radius 2 is 1.93 bits per heavy atom. The van der Waals surface area contributed by atoms with Gasteiger partial charge < -0.3 is 9.47 Å². The number of halogens is 5. The van der Waals surface area contributed by atoms with Crippen LogP contribution in [0, 0.1) is 5.82 Å². The number of benzene rings is 1. The first-order chi connectivity index (χ1) is 14.0. The van der Waals surface area contributed by atoms with E-state index in [0.717, 1.165) is 32.0 Å². The molecule has 1 aromatic heterocycles. The average Bonchev–Trinajstić information content (AvgIpc) is 2.65. The van der Waals surface area contributed by atoms with Crippen LogP contribution in [0.2, 0.25) is 5.02 Å². The maximum absolute atomic E-state index is 14.4. The summed E-state index contributed by atoms with van der Waals surface area (Å²) in [6.07, 6.45) is -2.24. The Morgan fingerprint density at radius 1 is 1.23 bits per heavy atom. The van der Waals surface area contributed by atoms with E-state index in [0.29, 0.717) is 17.2 Å². The van der Waals surface area contributed by atoms with E-state index in [1.807, 2.05) is 6.92 Å². The van der Waals surface area contributed by atoms with Crippen molar-refractivity contribution in [1.29, 1.82) is 0 Å². The minimum absolute atomic E-state index is 0.151. The summed E-state index contributed by atoms with van der Waals surface area (Å²) in [5.74, 6) is -1.81. The Morgan fingerprint density at radius 3 is 2.57 bits per heavy atom. The minimum Gasteiger partial charge on any atom is -0.480 e. The monoisotopic (exact) mass is 450 g/mol. The van der Waals surface area contributed by atoms with Crippen molar-refractivity contribution >= 4 is 17.6 Å². The van der Waals surface area contributed by atoms with E-state index in [9.17, 15) is 27.2 Å². The first-order valence-electron chi connectivity index (χ1n) is 8.98. The number of aryl methyl sites for hydroxylation is 1. The Bertz CT molecular complexity index is 976. The molecule has 0 fully saturated rings. The lowest BCUT2D eigenvalue weighted by molar-refractivity contribution is -0.146. The molecule has 0 saturated heterocycles. The number of nitrogens with zero attached hydrogens (tertiary/aromatic N) is 2. The summed E-state index contributed by atoms with van der Waals surface area (Å²) in [6.45, 7) is 1.71. The number of unbranched alkanes of at least 4 members (excludes halogenated alkanes) is 2. The molecule has 6 nitrogen and oxygen atoms in total. The van der Waals surface area contributed by atoms with Gasteiger partial charge in [-0.1, -0.05) is 31.4 Å². The molecule has 0 aliphatic carbocycles. The van der Waals surface area contributed by atoms with Crippen molar-refractivity contribution in [3.05, 3.63) is 45.0 Å². The second-order valence-corrected chi connectivity index (χ2v) is 6.75. The van der Waals surface area contributed by atoms with Crippen molar-refractivity contribution < 1.29 is 31.8 Å². The van der Waals surface area contributed by atoms with Gasteiger partial charge in [0.25, 0.3) is 0 Å². The van der Waals surface area contributed by atoms with Crippen molar-refractivity contribution in [2.45, 2.75) is 32.4 Å². The molecule has 0 amide bonds. The lowest BCUT2D eigenvalue weighted by atomic mass is 10.1. The summed E-state index contributed by atoms with van der Waals surface area (Å²) in [5.41, 5.74) is -3.40. The number of rotatable bonds is 8. The number of alkyl halides is 3. The molecule has 1 heterocycles. The van der Waals surface area contributed by atoms with Gasteiger partial charge in [0.2, 0.25) is 5.43 Å². The second kappa shape index (κ2) is 9.92. The number of hydrogen-bond donors (Lipinski definition) is 0. The van der Waals surface area contributed by atoms with Gasteiger partial charge in [-0.25, -0.2) is 9.18 Å². The molecule has 1 aromatic carbocycles. The largest absolute Gasteiger partial charge is 0.480 e. The molecule has 2 rings (SSSR count). The predicted octanol–water partition coefficient (Wildman–Crippen LogP) is 4.37. The zero-order valence-electron chi connectivity index (χ0n) is 16.2. The van der Waals surface area contributed by atoms with Crippen molar-refractivity contribution in [2.24, 2.45) is 7.05 Å². The van der Waals surface area contributed by atoms with E-state index in [1.165, 1.54) is 0 Å². The van der Waals surface area contributed by atoms with Crippen LogP contribution in [0.3, 0.4) is 0 Å². The van der Waals surface area contributed by atoms with E-state index >= 15 is 0 Å².